The van der Waals surface area contributed by atoms with Crippen LogP contribution in [0.15, 0.2) is 46.2 Å². The second-order valence-electron chi connectivity index (χ2n) is 6.61. The Morgan fingerprint density at radius 3 is 2.77 bits per heavy atom. The van der Waals surface area contributed by atoms with Crippen LogP contribution in [0.3, 0.4) is 0 Å². The van der Waals surface area contributed by atoms with Crippen molar-refractivity contribution in [2.24, 2.45) is 5.92 Å². The van der Waals surface area contributed by atoms with Gasteiger partial charge in [0.1, 0.15) is 4.90 Å². The SMILES string of the molecule is CC(Cc1ccsc1)NC(=O)C1CCN(S(=O)(=O)c2cccnc2)CC1. The predicted octanol–water partition coefficient (Wildman–Crippen LogP) is 2.29. The fourth-order valence-electron chi connectivity index (χ4n) is 3.18. The van der Waals surface area contributed by atoms with Crippen molar-refractivity contribution in [1.29, 1.82) is 0 Å². The Balaban J connectivity index is 1.52. The minimum Gasteiger partial charge on any atom is -0.353 e. The maximum absolute atomic E-state index is 12.6. The molecule has 2 aromatic rings. The van der Waals surface area contributed by atoms with Crippen molar-refractivity contribution in [3.63, 3.8) is 0 Å². The van der Waals surface area contributed by atoms with Crippen LogP contribution in [-0.2, 0) is 21.2 Å². The largest absolute Gasteiger partial charge is 0.353 e. The Morgan fingerprint density at radius 2 is 2.15 bits per heavy atom. The molecular weight excluding hydrogens is 370 g/mol. The average Bonchev–Trinajstić information content (AvgIpc) is 3.15. The summed E-state index contributed by atoms with van der Waals surface area (Å²) in [6.07, 6.45) is 4.80. The number of nitrogens with one attached hydrogen (secondary N) is 1. The molecule has 0 saturated carbocycles. The van der Waals surface area contributed by atoms with Crippen molar-refractivity contribution in [3.05, 3.63) is 46.9 Å². The highest BCUT2D eigenvalue weighted by Gasteiger charge is 2.32. The summed E-state index contributed by atoms with van der Waals surface area (Å²) in [7, 11) is -3.53. The normalized spacial score (nSPS) is 17.7. The minimum absolute atomic E-state index is 0.0196. The van der Waals surface area contributed by atoms with Crippen LogP contribution >= 0.6 is 11.3 Å². The van der Waals surface area contributed by atoms with Gasteiger partial charge in [-0.05, 0) is 60.7 Å². The zero-order chi connectivity index (χ0) is 18.6. The summed E-state index contributed by atoms with van der Waals surface area (Å²) in [5.74, 6) is -0.119. The van der Waals surface area contributed by atoms with Crippen molar-refractivity contribution in [1.82, 2.24) is 14.6 Å². The number of pyridine rings is 1. The molecule has 8 heteroatoms. The Morgan fingerprint density at radius 1 is 1.38 bits per heavy atom. The van der Waals surface area contributed by atoms with E-state index in [1.807, 2.05) is 12.3 Å². The molecule has 3 rings (SSSR count). The highest BCUT2D eigenvalue weighted by atomic mass is 32.2. The van der Waals surface area contributed by atoms with Crippen LogP contribution < -0.4 is 5.32 Å². The minimum atomic E-state index is -3.53. The van der Waals surface area contributed by atoms with Crippen LogP contribution in [0.2, 0.25) is 0 Å². The van der Waals surface area contributed by atoms with Gasteiger partial charge in [0.15, 0.2) is 0 Å². The summed E-state index contributed by atoms with van der Waals surface area (Å²) in [5, 5.41) is 7.18. The third-order valence-corrected chi connectivity index (χ3v) is 7.22. The fourth-order valence-corrected chi connectivity index (χ4v) is 5.30. The van der Waals surface area contributed by atoms with Gasteiger partial charge in [0.2, 0.25) is 15.9 Å². The maximum Gasteiger partial charge on any atom is 0.244 e. The third-order valence-electron chi connectivity index (χ3n) is 4.61. The summed E-state index contributed by atoms with van der Waals surface area (Å²) in [5.41, 5.74) is 1.22. The molecule has 1 N–H and O–H groups in total. The van der Waals surface area contributed by atoms with Crippen LogP contribution in [-0.4, -0.2) is 42.7 Å². The van der Waals surface area contributed by atoms with Gasteiger partial charge in [-0.15, -0.1) is 0 Å². The Bertz CT molecular complexity index is 815. The average molecular weight is 394 g/mol. The van der Waals surface area contributed by atoms with Gasteiger partial charge in [-0.3, -0.25) is 9.78 Å². The summed E-state index contributed by atoms with van der Waals surface area (Å²) < 4.78 is 26.7. The fraction of sp³-hybridized carbons (Fsp3) is 0.444. The number of sulfonamides is 1. The van der Waals surface area contributed by atoms with Crippen molar-refractivity contribution in [3.8, 4) is 0 Å². The van der Waals surface area contributed by atoms with Crippen molar-refractivity contribution in [2.75, 3.05) is 13.1 Å². The smallest absolute Gasteiger partial charge is 0.244 e. The molecule has 0 aromatic carbocycles. The van der Waals surface area contributed by atoms with Crippen LogP contribution in [0, 0.1) is 5.92 Å². The Hall–Kier alpha value is -1.77. The number of piperidine rings is 1. The van der Waals surface area contributed by atoms with Crippen molar-refractivity contribution < 1.29 is 13.2 Å². The molecule has 1 aliphatic heterocycles. The second kappa shape index (κ2) is 8.28. The van der Waals surface area contributed by atoms with Crippen LogP contribution in [0.25, 0.3) is 0 Å². The lowest BCUT2D eigenvalue weighted by molar-refractivity contribution is -0.126. The third kappa shape index (κ3) is 4.49. The molecule has 2 aromatic heterocycles. The molecule has 0 aliphatic carbocycles. The molecule has 0 bridgehead atoms. The molecule has 1 atom stereocenters. The quantitative estimate of drug-likeness (QED) is 0.817. The van der Waals surface area contributed by atoms with Gasteiger partial charge < -0.3 is 5.32 Å². The molecule has 1 fully saturated rings. The van der Waals surface area contributed by atoms with Gasteiger partial charge in [0, 0.05) is 37.4 Å². The molecule has 1 unspecified atom stereocenters. The standard InChI is InChI=1S/C18H23N3O3S2/c1-14(11-15-6-10-25-13-15)20-18(22)16-4-8-21(9-5-16)26(23,24)17-3-2-7-19-12-17/h2-3,6-7,10,12-14,16H,4-5,8-9,11H2,1H3,(H,20,22). The molecule has 140 valence electrons. The highest BCUT2D eigenvalue weighted by Crippen LogP contribution is 2.23. The molecular formula is C18H23N3O3S2. The number of hydrogen-bond donors (Lipinski definition) is 1. The molecule has 26 heavy (non-hydrogen) atoms. The van der Waals surface area contributed by atoms with Crippen molar-refractivity contribution >= 4 is 27.3 Å². The zero-order valence-electron chi connectivity index (χ0n) is 14.7. The van der Waals surface area contributed by atoms with Crippen molar-refractivity contribution in [2.45, 2.75) is 37.1 Å². The van der Waals surface area contributed by atoms with Gasteiger partial charge in [-0.25, -0.2) is 8.42 Å². The number of nitrogens with zero attached hydrogens (tertiary/aromatic N) is 2. The summed E-state index contributed by atoms with van der Waals surface area (Å²) in [6.45, 7) is 2.71. The van der Waals surface area contributed by atoms with Gasteiger partial charge >= 0.3 is 0 Å². The van der Waals surface area contributed by atoms with Crippen LogP contribution in [0.5, 0.6) is 0 Å². The number of carbonyl (C=O) groups excluding carboxylic acids is 1. The second-order valence-corrected chi connectivity index (χ2v) is 9.33. The lowest BCUT2D eigenvalue weighted by Gasteiger charge is -2.31. The highest BCUT2D eigenvalue weighted by molar-refractivity contribution is 7.89. The molecule has 1 saturated heterocycles. The van der Waals surface area contributed by atoms with Gasteiger partial charge in [0.25, 0.3) is 0 Å². The number of hydrogen-bond acceptors (Lipinski definition) is 5. The van der Waals surface area contributed by atoms with E-state index < -0.39 is 10.0 Å². The van der Waals surface area contributed by atoms with E-state index in [-0.39, 0.29) is 22.8 Å². The topological polar surface area (TPSA) is 79.4 Å². The Labute approximate surface area is 158 Å². The lowest BCUT2D eigenvalue weighted by Crippen LogP contribution is -2.45. The van der Waals surface area contributed by atoms with E-state index in [9.17, 15) is 13.2 Å². The summed E-state index contributed by atoms with van der Waals surface area (Å²) in [4.78, 5) is 16.6. The Kier molecular flexibility index (Phi) is 6.05. The first-order chi connectivity index (χ1) is 12.5. The van der Waals surface area contributed by atoms with E-state index in [2.05, 4.69) is 21.7 Å². The number of carbonyl (C=O) groups is 1. The molecule has 6 nitrogen and oxygen atoms in total. The first-order valence-corrected chi connectivity index (χ1v) is 11.1. The zero-order valence-corrected chi connectivity index (χ0v) is 16.3. The molecule has 1 aliphatic rings. The van der Waals surface area contributed by atoms with E-state index in [4.69, 9.17) is 0 Å². The van der Waals surface area contributed by atoms with Gasteiger partial charge in [-0.1, -0.05) is 0 Å². The number of rotatable bonds is 6. The van der Waals surface area contributed by atoms with E-state index in [1.54, 1.807) is 29.7 Å². The number of amides is 1. The van der Waals surface area contributed by atoms with Gasteiger partial charge in [-0.2, -0.15) is 15.6 Å². The summed E-state index contributed by atoms with van der Waals surface area (Å²) in [6, 6.07) is 5.29. The van der Waals surface area contributed by atoms with E-state index in [0.29, 0.717) is 25.9 Å². The van der Waals surface area contributed by atoms with Crippen LogP contribution in [0.1, 0.15) is 25.3 Å². The van der Waals surface area contributed by atoms with E-state index in [0.717, 1.165) is 6.42 Å². The molecule has 0 spiro atoms. The first-order valence-electron chi connectivity index (χ1n) is 8.68. The molecule has 3 heterocycles. The number of aromatic nitrogens is 1. The number of thiophene rings is 1. The first kappa shape index (κ1) is 19.0. The van der Waals surface area contributed by atoms with Crippen LogP contribution in [0.4, 0.5) is 0 Å². The maximum atomic E-state index is 12.6. The van der Waals surface area contributed by atoms with Gasteiger partial charge in [0.05, 0.1) is 0 Å². The predicted molar refractivity (Wildman–Crippen MR) is 101 cm³/mol. The summed E-state index contributed by atoms with van der Waals surface area (Å²) >= 11 is 1.65. The molecule has 1 amide bonds. The molecule has 0 radical (unpaired) electrons. The van der Waals surface area contributed by atoms with E-state index in [1.165, 1.54) is 16.1 Å². The monoisotopic (exact) mass is 393 g/mol. The lowest BCUT2D eigenvalue weighted by atomic mass is 9.96. The van der Waals surface area contributed by atoms with E-state index >= 15 is 0 Å².